The molecule has 1 N–H and O–H groups in total. The number of hydrogen-bond acceptors (Lipinski definition) is 3. The van der Waals surface area contributed by atoms with Crippen molar-refractivity contribution in [2.75, 3.05) is 6.54 Å². The largest absolute Gasteiger partial charge is 0.330 e. The number of aromatic amines is 1. The predicted octanol–water partition coefficient (Wildman–Crippen LogP) is 3.33. The van der Waals surface area contributed by atoms with Crippen molar-refractivity contribution in [3.63, 3.8) is 0 Å². The smallest absolute Gasteiger partial charge is 0.123 e. The highest BCUT2D eigenvalue weighted by molar-refractivity contribution is 5.75. The Morgan fingerprint density at radius 1 is 1.26 bits per heavy atom. The Labute approximate surface area is 136 Å². The first-order valence-corrected chi connectivity index (χ1v) is 8.38. The number of piperidine rings is 1. The maximum Gasteiger partial charge on any atom is 0.123 e. The lowest BCUT2D eigenvalue weighted by Crippen LogP contribution is -2.34. The third kappa shape index (κ3) is 2.55. The van der Waals surface area contributed by atoms with E-state index in [0.29, 0.717) is 6.04 Å². The lowest BCUT2D eigenvalue weighted by Gasteiger charge is -2.35. The number of H-pyrrole nitrogens is 1. The van der Waals surface area contributed by atoms with Gasteiger partial charge in [-0.25, -0.2) is 4.98 Å². The Balaban J connectivity index is 1.65. The van der Waals surface area contributed by atoms with E-state index in [-0.39, 0.29) is 0 Å². The number of imidazole rings is 1. The maximum atomic E-state index is 4.84. The number of hydrogen-bond donors (Lipinski definition) is 1. The highest BCUT2D eigenvalue weighted by Gasteiger charge is 2.27. The molecule has 120 valence electrons. The summed E-state index contributed by atoms with van der Waals surface area (Å²) in [5.41, 5.74) is 4.81. The van der Waals surface area contributed by atoms with Crippen LogP contribution >= 0.6 is 0 Å². The van der Waals surface area contributed by atoms with Crippen molar-refractivity contribution in [2.45, 2.75) is 38.8 Å². The molecular formula is C18H23N5. The lowest BCUT2D eigenvalue weighted by atomic mass is 9.97. The standard InChI is InChI=1S/C18H23N5/c1-13-11-19-21-18(13)16-9-5-6-10-23(16)12-17-20-14-7-3-4-8-15(14)22(17)2/h3-4,7-8,11,16H,5-6,9-10,12H2,1-2H3,(H,19,21). The number of rotatable bonds is 3. The quantitative estimate of drug-likeness (QED) is 0.807. The van der Waals surface area contributed by atoms with Crippen LogP contribution in [0.2, 0.25) is 0 Å². The minimum Gasteiger partial charge on any atom is -0.330 e. The van der Waals surface area contributed by atoms with Gasteiger partial charge in [0.05, 0.1) is 35.5 Å². The van der Waals surface area contributed by atoms with Gasteiger partial charge in [0.25, 0.3) is 0 Å². The van der Waals surface area contributed by atoms with Crippen LogP contribution in [0.4, 0.5) is 0 Å². The molecule has 23 heavy (non-hydrogen) atoms. The van der Waals surface area contributed by atoms with Gasteiger partial charge in [-0.15, -0.1) is 0 Å². The number of nitrogens with zero attached hydrogens (tertiary/aromatic N) is 4. The van der Waals surface area contributed by atoms with E-state index in [2.05, 4.69) is 57.9 Å². The number of benzene rings is 1. The molecule has 5 heteroatoms. The van der Waals surface area contributed by atoms with Crippen LogP contribution in [0.15, 0.2) is 30.5 Å². The molecule has 0 spiro atoms. The Morgan fingerprint density at radius 2 is 2.13 bits per heavy atom. The van der Waals surface area contributed by atoms with E-state index in [1.165, 1.54) is 36.0 Å². The summed E-state index contributed by atoms with van der Waals surface area (Å²) >= 11 is 0. The van der Waals surface area contributed by atoms with Gasteiger partial charge in [0.15, 0.2) is 0 Å². The van der Waals surface area contributed by atoms with Crippen LogP contribution in [0.5, 0.6) is 0 Å². The Hall–Kier alpha value is -2.14. The molecule has 5 nitrogen and oxygen atoms in total. The second-order valence-corrected chi connectivity index (χ2v) is 6.52. The molecule has 0 saturated carbocycles. The Bertz CT molecular complexity index is 816. The van der Waals surface area contributed by atoms with Crippen LogP contribution in [-0.4, -0.2) is 31.2 Å². The molecule has 0 aliphatic carbocycles. The van der Waals surface area contributed by atoms with Crippen molar-refractivity contribution >= 4 is 11.0 Å². The molecule has 3 aromatic rings. The zero-order valence-electron chi connectivity index (χ0n) is 13.8. The number of nitrogens with one attached hydrogen (secondary N) is 1. The molecule has 0 amide bonds. The molecule has 4 rings (SSSR count). The fraction of sp³-hybridized carbons (Fsp3) is 0.444. The summed E-state index contributed by atoms with van der Waals surface area (Å²) in [7, 11) is 2.12. The van der Waals surface area contributed by atoms with Gasteiger partial charge < -0.3 is 4.57 Å². The summed E-state index contributed by atoms with van der Waals surface area (Å²) in [4.78, 5) is 7.39. The van der Waals surface area contributed by atoms with Crippen LogP contribution in [0.3, 0.4) is 0 Å². The van der Waals surface area contributed by atoms with Gasteiger partial charge in [0.1, 0.15) is 5.82 Å². The zero-order valence-corrected chi connectivity index (χ0v) is 13.8. The van der Waals surface area contributed by atoms with Gasteiger partial charge in [0.2, 0.25) is 0 Å². The van der Waals surface area contributed by atoms with E-state index in [0.717, 1.165) is 24.4 Å². The molecule has 1 aliphatic rings. The van der Waals surface area contributed by atoms with Gasteiger partial charge in [-0.2, -0.15) is 5.10 Å². The average Bonchev–Trinajstić information content (AvgIpc) is 3.13. The minimum atomic E-state index is 0.422. The maximum absolute atomic E-state index is 4.84. The molecule has 1 atom stereocenters. The van der Waals surface area contributed by atoms with Gasteiger partial charge in [0, 0.05) is 7.05 Å². The first-order chi connectivity index (χ1) is 11.2. The second kappa shape index (κ2) is 5.81. The summed E-state index contributed by atoms with van der Waals surface area (Å²) in [6.07, 6.45) is 5.65. The van der Waals surface area contributed by atoms with Crippen LogP contribution < -0.4 is 0 Å². The van der Waals surface area contributed by atoms with E-state index in [1.54, 1.807) is 0 Å². The lowest BCUT2D eigenvalue weighted by molar-refractivity contribution is 0.132. The highest BCUT2D eigenvalue weighted by atomic mass is 15.2. The number of aryl methyl sites for hydroxylation is 2. The molecule has 1 fully saturated rings. The molecular weight excluding hydrogens is 286 g/mol. The van der Waals surface area contributed by atoms with Crippen molar-refractivity contribution < 1.29 is 0 Å². The van der Waals surface area contributed by atoms with Crippen molar-refractivity contribution in [3.05, 3.63) is 47.5 Å². The van der Waals surface area contributed by atoms with Crippen molar-refractivity contribution in [1.29, 1.82) is 0 Å². The van der Waals surface area contributed by atoms with Crippen LogP contribution in [0.1, 0.15) is 42.4 Å². The topological polar surface area (TPSA) is 49.7 Å². The minimum absolute atomic E-state index is 0.422. The fourth-order valence-corrected chi connectivity index (χ4v) is 3.72. The third-order valence-electron chi connectivity index (χ3n) is 5.04. The molecule has 2 aromatic heterocycles. The molecule has 1 saturated heterocycles. The fourth-order valence-electron chi connectivity index (χ4n) is 3.72. The number of likely N-dealkylation sites (tertiary alicyclic amines) is 1. The van der Waals surface area contributed by atoms with Crippen molar-refractivity contribution in [2.24, 2.45) is 7.05 Å². The van der Waals surface area contributed by atoms with Gasteiger partial charge in [-0.05, 0) is 44.0 Å². The predicted molar refractivity (Wildman–Crippen MR) is 91.0 cm³/mol. The van der Waals surface area contributed by atoms with Gasteiger partial charge >= 0.3 is 0 Å². The third-order valence-corrected chi connectivity index (χ3v) is 5.04. The first kappa shape index (κ1) is 14.5. The summed E-state index contributed by atoms with van der Waals surface area (Å²) in [6.45, 7) is 4.14. The molecule has 1 unspecified atom stereocenters. The Kier molecular flexibility index (Phi) is 3.65. The molecule has 3 heterocycles. The monoisotopic (exact) mass is 309 g/mol. The second-order valence-electron chi connectivity index (χ2n) is 6.52. The summed E-state index contributed by atoms with van der Waals surface area (Å²) < 4.78 is 2.22. The van der Waals surface area contributed by atoms with Crippen LogP contribution in [0, 0.1) is 6.92 Å². The van der Waals surface area contributed by atoms with E-state index >= 15 is 0 Å². The van der Waals surface area contributed by atoms with Crippen molar-refractivity contribution in [1.82, 2.24) is 24.6 Å². The van der Waals surface area contributed by atoms with Gasteiger partial charge in [-0.1, -0.05) is 18.6 Å². The zero-order chi connectivity index (χ0) is 15.8. The van der Waals surface area contributed by atoms with E-state index in [9.17, 15) is 0 Å². The van der Waals surface area contributed by atoms with Crippen LogP contribution in [-0.2, 0) is 13.6 Å². The van der Waals surface area contributed by atoms with E-state index in [1.807, 2.05) is 6.20 Å². The summed E-state index contributed by atoms with van der Waals surface area (Å²) in [6, 6.07) is 8.78. The number of aromatic nitrogens is 4. The highest BCUT2D eigenvalue weighted by Crippen LogP contribution is 2.32. The average molecular weight is 309 g/mol. The molecule has 0 radical (unpaired) electrons. The SMILES string of the molecule is Cc1cn[nH]c1C1CCCCN1Cc1nc2ccccc2n1C. The summed E-state index contributed by atoms with van der Waals surface area (Å²) in [5, 5.41) is 7.43. The molecule has 0 bridgehead atoms. The molecule has 1 aromatic carbocycles. The molecule has 1 aliphatic heterocycles. The summed E-state index contributed by atoms with van der Waals surface area (Å²) in [5.74, 6) is 1.13. The van der Waals surface area contributed by atoms with Crippen LogP contribution in [0.25, 0.3) is 11.0 Å². The number of fused-ring (bicyclic) bond motifs is 1. The van der Waals surface area contributed by atoms with Gasteiger partial charge in [-0.3, -0.25) is 10.00 Å². The Morgan fingerprint density at radius 3 is 2.91 bits per heavy atom. The normalized spacial score (nSPS) is 19.5. The van der Waals surface area contributed by atoms with E-state index < -0.39 is 0 Å². The van der Waals surface area contributed by atoms with Crippen molar-refractivity contribution in [3.8, 4) is 0 Å². The number of para-hydroxylation sites is 2. The first-order valence-electron chi connectivity index (χ1n) is 8.38. The van der Waals surface area contributed by atoms with E-state index in [4.69, 9.17) is 4.98 Å².